The van der Waals surface area contributed by atoms with Crippen LogP contribution in [0.25, 0.3) is 11.3 Å². The van der Waals surface area contributed by atoms with E-state index < -0.39 is 5.97 Å². The highest BCUT2D eigenvalue weighted by atomic mass is 32.2. The van der Waals surface area contributed by atoms with Gasteiger partial charge in [0.25, 0.3) is 0 Å². The molecule has 0 aliphatic heterocycles. The van der Waals surface area contributed by atoms with Crippen LogP contribution in [0.1, 0.15) is 19.8 Å². The summed E-state index contributed by atoms with van der Waals surface area (Å²) < 4.78 is 1.86. The Kier molecular flexibility index (Phi) is 6.67. The molecule has 0 radical (unpaired) electrons. The number of hydrogen-bond donors (Lipinski definition) is 1. The van der Waals surface area contributed by atoms with Crippen LogP contribution in [0, 0.1) is 0 Å². The van der Waals surface area contributed by atoms with E-state index in [1.54, 1.807) is 23.1 Å². The highest BCUT2D eigenvalue weighted by molar-refractivity contribution is 7.99. The zero-order valence-electron chi connectivity index (χ0n) is 12.4. The number of aliphatic carboxylic acids is 1. The van der Waals surface area contributed by atoms with E-state index in [0.29, 0.717) is 5.75 Å². The van der Waals surface area contributed by atoms with Crippen molar-refractivity contribution < 1.29 is 9.90 Å². The number of carbonyl (C=O) groups is 1. The van der Waals surface area contributed by atoms with Crippen molar-refractivity contribution in [3.63, 3.8) is 0 Å². The molecule has 118 valence electrons. The van der Waals surface area contributed by atoms with E-state index in [-0.39, 0.29) is 6.42 Å². The van der Waals surface area contributed by atoms with Gasteiger partial charge >= 0.3 is 5.97 Å². The Balaban J connectivity index is 1.72. The molecule has 2 rings (SSSR count). The molecule has 0 aromatic carbocycles. The molecule has 0 saturated heterocycles. The third-order valence-corrected chi connectivity index (χ3v) is 4.68. The van der Waals surface area contributed by atoms with Crippen LogP contribution >= 0.6 is 23.1 Å². The minimum absolute atomic E-state index is 0.224. The van der Waals surface area contributed by atoms with Gasteiger partial charge in [0.15, 0.2) is 0 Å². The zero-order valence-corrected chi connectivity index (χ0v) is 14.1. The standard InChI is InChI=1S/C15H19N3O2S2/c1-12(3-7-21-9-5-15(19)20)2-6-18-10-14(16-17-18)13-4-8-22-11-13/h3-4,8,10-11H,2,5-7,9H2,1H3,(H,19,20)/b12-3+. The first-order valence-corrected chi connectivity index (χ1v) is 9.13. The smallest absolute Gasteiger partial charge is 0.304 e. The van der Waals surface area contributed by atoms with Crippen molar-refractivity contribution >= 4 is 29.1 Å². The normalized spacial score (nSPS) is 11.8. The van der Waals surface area contributed by atoms with E-state index in [2.05, 4.69) is 28.7 Å². The number of thiophene rings is 1. The Hall–Kier alpha value is -1.60. The lowest BCUT2D eigenvalue weighted by atomic mass is 10.2. The summed E-state index contributed by atoms with van der Waals surface area (Å²) in [5.41, 5.74) is 3.31. The first kappa shape index (κ1) is 16.8. The predicted octanol–water partition coefficient (Wildman–Crippen LogP) is 3.55. The number of aromatic nitrogens is 3. The second-order valence-corrected chi connectivity index (χ2v) is 6.83. The SMILES string of the molecule is C/C(=C\CSCCC(=O)O)CCn1cc(-c2ccsc2)nn1. The number of rotatable bonds is 9. The summed E-state index contributed by atoms with van der Waals surface area (Å²) in [5.74, 6) is 0.781. The van der Waals surface area contributed by atoms with Gasteiger partial charge in [-0.3, -0.25) is 9.48 Å². The van der Waals surface area contributed by atoms with Crippen LogP contribution in [0.3, 0.4) is 0 Å². The summed E-state index contributed by atoms with van der Waals surface area (Å²) in [5, 5.41) is 21.0. The average Bonchev–Trinajstić information content (AvgIpc) is 3.15. The Morgan fingerprint density at radius 3 is 3.09 bits per heavy atom. The van der Waals surface area contributed by atoms with Crippen LogP contribution < -0.4 is 0 Å². The van der Waals surface area contributed by atoms with Gasteiger partial charge in [-0.15, -0.1) is 5.10 Å². The number of aryl methyl sites for hydroxylation is 1. The lowest BCUT2D eigenvalue weighted by molar-refractivity contribution is -0.136. The van der Waals surface area contributed by atoms with Crippen LogP contribution in [0.2, 0.25) is 0 Å². The minimum atomic E-state index is -0.735. The van der Waals surface area contributed by atoms with Gasteiger partial charge in [0.05, 0.1) is 12.6 Å². The molecule has 5 nitrogen and oxygen atoms in total. The summed E-state index contributed by atoms with van der Waals surface area (Å²) in [6, 6.07) is 2.04. The summed E-state index contributed by atoms with van der Waals surface area (Å²) >= 11 is 3.29. The Morgan fingerprint density at radius 1 is 1.50 bits per heavy atom. The number of hydrogen-bond acceptors (Lipinski definition) is 5. The largest absolute Gasteiger partial charge is 0.481 e. The van der Waals surface area contributed by atoms with E-state index in [1.165, 1.54) is 5.57 Å². The lowest BCUT2D eigenvalue weighted by Gasteiger charge is -2.01. The fourth-order valence-corrected chi connectivity index (χ4v) is 3.32. The van der Waals surface area contributed by atoms with Gasteiger partial charge in [-0.1, -0.05) is 16.9 Å². The van der Waals surface area contributed by atoms with Crippen molar-refractivity contribution in [3.8, 4) is 11.3 Å². The number of nitrogens with zero attached hydrogens (tertiary/aromatic N) is 3. The molecule has 7 heteroatoms. The quantitative estimate of drug-likeness (QED) is 0.560. The molecule has 0 atom stereocenters. The Bertz CT molecular complexity index is 621. The number of allylic oxidation sites excluding steroid dienone is 1. The summed E-state index contributed by atoms with van der Waals surface area (Å²) in [7, 11) is 0. The summed E-state index contributed by atoms with van der Waals surface area (Å²) in [6.07, 6.45) is 5.27. The van der Waals surface area contributed by atoms with Gasteiger partial charge in [-0.2, -0.15) is 23.1 Å². The Morgan fingerprint density at radius 2 is 2.36 bits per heavy atom. The maximum atomic E-state index is 10.4. The third-order valence-electron chi connectivity index (χ3n) is 3.10. The van der Waals surface area contributed by atoms with Crippen molar-refractivity contribution in [2.24, 2.45) is 0 Å². The molecule has 2 aromatic heterocycles. The van der Waals surface area contributed by atoms with Gasteiger partial charge in [0.2, 0.25) is 0 Å². The number of carboxylic acid groups (broad SMARTS) is 1. The highest BCUT2D eigenvalue weighted by Crippen LogP contribution is 2.19. The Labute approximate surface area is 138 Å². The zero-order chi connectivity index (χ0) is 15.8. The van der Waals surface area contributed by atoms with E-state index in [1.807, 2.05) is 22.3 Å². The van der Waals surface area contributed by atoms with Crippen molar-refractivity contribution in [2.45, 2.75) is 26.3 Å². The van der Waals surface area contributed by atoms with E-state index in [4.69, 9.17) is 5.11 Å². The molecule has 0 aliphatic rings. The summed E-state index contributed by atoms with van der Waals surface area (Å²) in [4.78, 5) is 10.4. The van der Waals surface area contributed by atoms with Crippen molar-refractivity contribution in [1.82, 2.24) is 15.0 Å². The van der Waals surface area contributed by atoms with Gasteiger partial charge in [-0.05, 0) is 24.8 Å². The van der Waals surface area contributed by atoms with Gasteiger partial charge in [0.1, 0.15) is 5.69 Å². The molecule has 0 saturated carbocycles. The highest BCUT2D eigenvalue weighted by Gasteiger charge is 2.04. The van der Waals surface area contributed by atoms with Crippen LogP contribution in [-0.2, 0) is 11.3 Å². The maximum absolute atomic E-state index is 10.4. The predicted molar refractivity (Wildman–Crippen MR) is 91.3 cm³/mol. The molecule has 0 aliphatic carbocycles. The maximum Gasteiger partial charge on any atom is 0.304 e. The lowest BCUT2D eigenvalue weighted by Crippen LogP contribution is -1.99. The molecule has 22 heavy (non-hydrogen) atoms. The van der Waals surface area contributed by atoms with Crippen LogP contribution in [0.15, 0.2) is 34.7 Å². The second-order valence-electron chi connectivity index (χ2n) is 4.90. The monoisotopic (exact) mass is 337 g/mol. The molecule has 1 N–H and O–H groups in total. The van der Waals surface area contributed by atoms with Gasteiger partial charge in [-0.25, -0.2) is 0 Å². The van der Waals surface area contributed by atoms with Crippen molar-refractivity contribution in [3.05, 3.63) is 34.7 Å². The van der Waals surface area contributed by atoms with Crippen LogP contribution in [0.5, 0.6) is 0 Å². The first-order valence-electron chi connectivity index (χ1n) is 7.03. The molecule has 2 heterocycles. The molecule has 0 bridgehead atoms. The first-order chi connectivity index (χ1) is 10.6. The topological polar surface area (TPSA) is 68.0 Å². The number of thioether (sulfide) groups is 1. The average molecular weight is 337 g/mol. The molecular formula is C15H19N3O2S2. The second kappa shape index (κ2) is 8.75. The van der Waals surface area contributed by atoms with E-state index in [9.17, 15) is 4.79 Å². The van der Waals surface area contributed by atoms with Crippen molar-refractivity contribution in [1.29, 1.82) is 0 Å². The molecule has 0 unspecified atom stereocenters. The summed E-state index contributed by atoms with van der Waals surface area (Å²) in [6.45, 7) is 2.90. The van der Waals surface area contributed by atoms with Crippen LogP contribution in [-0.4, -0.2) is 37.6 Å². The van der Waals surface area contributed by atoms with Gasteiger partial charge in [0, 0.05) is 29.0 Å². The van der Waals surface area contributed by atoms with Crippen molar-refractivity contribution in [2.75, 3.05) is 11.5 Å². The molecule has 0 fully saturated rings. The minimum Gasteiger partial charge on any atom is -0.481 e. The number of carboxylic acids is 1. The fraction of sp³-hybridized carbons (Fsp3) is 0.400. The molecule has 0 spiro atoms. The van der Waals surface area contributed by atoms with E-state index in [0.717, 1.165) is 30.0 Å². The van der Waals surface area contributed by atoms with Gasteiger partial charge < -0.3 is 5.11 Å². The molecule has 0 amide bonds. The fourth-order valence-electron chi connectivity index (χ4n) is 1.79. The molecule has 2 aromatic rings. The third kappa shape index (κ3) is 5.65. The van der Waals surface area contributed by atoms with Crippen LogP contribution in [0.4, 0.5) is 0 Å². The molecular weight excluding hydrogens is 318 g/mol. The van der Waals surface area contributed by atoms with E-state index >= 15 is 0 Å².